The van der Waals surface area contributed by atoms with Crippen molar-refractivity contribution in [2.45, 2.75) is 11.5 Å². The maximum Gasteiger partial charge on any atom is 0.262 e. The van der Waals surface area contributed by atoms with E-state index in [-0.39, 0.29) is 11.5 Å². The first-order chi connectivity index (χ1) is 9.55. The number of methoxy groups -OCH3 is 1. The van der Waals surface area contributed by atoms with Crippen molar-refractivity contribution >= 4 is 15.7 Å². The summed E-state index contributed by atoms with van der Waals surface area (Å²) in [7, 11) is -2.18. The Balaban J connectivity index is 2.25. The third-order valence-electron chi connectivity index (χ3n) is 2.74. The minimum atomic E-state index is -3.66. The van der Waals surface area contributed by atoms with E-state index in [1.54, 1.807) is 36.4 Å². The number of benzene rings is 2. The molecule has 0 aliphatic carbocycles. The van der Waals surface area contributed by atoms with Crippen LogP contribution >= 0.6 is 0 Å². The van der Waals surface area contributed by atoms with E-state index in [4.69, 9.17) is 9.84 Å². The van der Waals surface area contributed by atoms with Crippen molar-refractivity contribution in [3.8, 4) is 5.75 Å². The lowest BCUT2D eigenvalue weighted by atomic mass is 10.2. The Labute approximate surface area is 117 Å². The molecule has 0 radical (unpaired) electrons. The van der Waals surface area contributed by atoms with Crippen LogP contribution in [-0.4, -0.2) is 20.6 Å². The minimum absolute atomic E-state index is 0.0804. The van der Waals surface area contributed by atoms with Crippen LogP contribution < -0.4 is 9.46 Å². The third-order valence-corrected chi connectivity index (χ3v) is 4.12. The van der Waals surface area contributed by atoms with Crippen LogP contribution in [0.1, 0.15) is 5.56 Å². The Morgan fingerprint density at radius 1 is 1.15 bits per heavy atom. The summed E-state index contributed by atoms with van der Waals surface area (Å²) in [5, 5.41) is 8.94. The van der Waals surface area contributed by atoms with E-state index in [9.17, 15) is 8.42 Å². The molecule has 0 atom stereocenters. The van der Waals surface area contributed by atoms with E-state index in [0.29, 0.717) is 17.0 Å². The van der Waals surface area contributed by atoms with Gasteiger partial charge in [0.25, 0.3) is 10.0 Å². The predicted molar refractivity (Wildman–Crippen MR) is 76.2 cm³/mol. The number of hydrogen-bond acceptors (Lipinski definition) is 4. The normalized spacial score (nSPS) is 11.1. The first kappa shape index (κ1) is 14.4. The summed E-state index contributed by atoms with van der Waals surface area (Å²) in [5.41, 5.74) is 1.15. The molecule has 2 aromatic rings. The third kappa shape index (κ3) is 3.28. The second-order valence-corrected chi connectivity index (χ2v) is 5.82. The summed E-state index contributed by atoms with van der Waals surface area (Å²) >= 11 is 0. The largest absolute Gasteiger partial charge is 0.497 e. The van der Waals surface area contributed by atoms with Gasteiger partial charge in [-0.2, -0.15) is 0 Å². The molecule has 0 saturated heterocycles. The number of nitrogens with one attached hydrogen (secondary N) is 1. The zero-order valence-corrected chi connectivity index (χ0v) is 11.7. The fourth-order valence-corrected chi connectivity index (χ4v) is 2.75. The molecule has 20 heavy (non-hydrogen) atoms. The Hall–Kier alpha value is -2.05. The van der Waals surface area contributed by atoms with Gasteiger partial charge in [0, 0.05) is 11.8 Å². The number of aliphatic hydroxyl groups excluding tert-OH is 1. The van der Waals surface area contributed by atoms with Crippen molar-refractivity contribution in [1.29, 1.82) is 0 Å². The lowest BCUT2D eigenvalue weighted by Gasteiger charge is -2.09. The van der Waals surface area contributed by atoms with Gasteiger partial charge < -0.3 is 9.84 Å². The van der Waals surface area contributed by atoms with Crippen molar-refractivity contribution in [3.05, 3.63) is 54.1 Å². The van der Waals surface area contributed by atoms with Crippen LogP contribution in [0.15, 0.2) is 53.4 Å². The molecule has 0 bridgehead atoms. The van der Waals surface area contributed by atoms with Crippen molar-refractivity contribution in [2.75, 3.05) is 11.8 Å². The SMILES string of the molecule is COc1cccc(S(=O)(=O)Nc2ccc(CO)cc2)c1. The summed E-state index contributed by atoms with van der Waals surface area (Å²) in [6.45, 7) is -0.0804. The molecule has 0 heterocycles. The maximum absolute atomic E-state index is 12.2. The first-order valence-electron chi connectivity index (χ1n) is 5.92. The van der Waals surface area contributed by atoms with E-state index >= 15 is 0 Å². The second-order valence-electron chi connectivity index (χ2n) is 4.14. The van der Waals surface area contributed by atoms with E-state index < -0.39 is 10.0 Å². The van der Waals surface area contributed by atoms with Gasteiger partial charge >= 0.3 is 0 Å². The fraction of sp³-hybridized carbons (Fsp3) is 0.143. The Morgan fingerprint density at radius 2 is 1.85 bits per heavy atom. The van der Waals surface area contributed by atoms with Crippen molar-refractivity contribution in [2.24, 2.45) is 0 Å². The molecule has 106 valence electrons. The molecule has 0 saturated carbocycles. The molecule has 0 spiro atoms. The highest BCUT2D eigenvalue weighted by molar-refractivity contribution is 7.92. The predicted octanol–water partition coefficient (Wildman–Crippen LogP) is 1.99. The number of anilines is 1. The molecular weight excluding hydrogens is 278 g/mol. The van der Waals surface area contributed by atoms with Crippen LogP contribution in [0, 0.1) is 0 Å². The second kappa shape index (κ2) is 5.94. The van der Waals surface area contributed by atoms with Crippen LogP contribution in [0.2, 0.25) is 0 Å². The molecule has 5 nitrogen and oxygen atoms in total. The van der Waals surface area contributed by atoms with Gasteiger partial charge in [0.2, 0.25) is 0 Å². The van der Waals surface area contributed by atoms with Crippen LogP contribution in [-0.2, 0) is 16.6 Å². The highest BCUT2D eigenvalue weighted by atomic mass is 32.2. The number of aliphatic hydroxyl groups is 1. The van der Waals surface area contributed by atoms with Gasteiger partial charge in [0.1, 0.15) is 5.75 Å². The lowest BCUT2D eigenvalue weighted by Crippen LogP contribution is -2.13. The Morgan fingerprint density at radius 3 is 2.45 bits per heavy atom. The van der Waals surface area contributed by atoms with Crippen LogP contribution in [0.4, 0.5) is 5.69 Å². The van der Waals surface area contributed by atoms with Gasteiger partial charge in [0.15, 0.2) is 0 Å². The molecule has 0 aliphatic heterocycles. The Kier molecular flexibility index (Phi) is 4.26. The van der Waals surface area contributed by atoms with Gasteiger partial charge in [0.05, 0.1) is 18.6 Å². The van der Waals surface area contributed by atoms with Gasteiger partial charge in [-0.1, -0.05) is 18.2 Å². The quantitative estimate of drug-likeness (QED) is 0.884. The fourth-order valence-electron chi connectivity index (χ4n) is 1.66. The summed E-state index contributed by atoms with van der Waals surface area (Å²) in [6.07, 6.45) is 0. The van der Waals surface area contributed by atoms with E-state index in [0.717, 1.165) is 0 Å². The van der Waals surface area contributed by atoms with Crippen molar-refractivity contribution < 1.29 is 18.3 Å². The van der Waals surface area contributed by atoms with Crippen LogP contribution in [0.3, 0.4) is 0 Å². The minimum Gasteiger partial charge on any atom is -0.497 e. The summed E-state index contributed by atoms with van der Waals surface area (Å²) in [6, 6.07) is 12.7. The van der Waals surface area contributed by atoms with Gasteiger partial charge in [-0.05, 0) is 29.8 Å². The maximum atomic E-state index is 12.2. The highest BCUT2D eigenvalue weighted by Crippen LogP contribution is 2.20. The first-order valence-corrected chi connectivity index (χ1v) is 7.40. The average Bonchev–Trinajstić information content (AvgIpc) is 2.48. The monoisotopic (exact) mass is 293 g/mol. The molecule has 2 N–H and O–H groups in total. The van der Waals surface area contributed by atoms with E-state index in [2.05, 4.69) is 4.72 Å². The van der Waals surface area contributed by atoms with Gasteiger partial charge in [-0.25, -0.2) is 8.42 Å². The summed E-state index contributed by atoms with van der Waals surface area (Å²) < 4.78 is 31.9. The van der Waals surface area contributed by atoms with Gasteiger partial charge in [-0.15, -0.1) is 0 Å². The summed E-state index contributed by atoms with van der Waals surface area (Å²) in [4.78, 5) is 0.128. The number of ether oxygens (including phenoxy) is 1. The zero-order valence-electron chi connectivity index (χ0n) is 10.9. The standard InChI is InChI=1S/C14H15NO4S/c1-19-13-3-2-4-14(9-13)20(17,18)15-12-7-5-11(10-16)6-8-12/h2-9,15-16H,10H2,1H3. The molecule has 2 rings (SSSR count). The van der Waals surface area contributed by atoms with Crippen LogP contribution in [0.5, 0.6) is 5.75 Å². The molecule has 0 fully saturated rings. The molecule has 6 heteroatoms. The van der Waals surface area contributed by atoms with E-state index in [1.165, 1.54) is 19.2 Å². The molecule has 2 aromatic carbocycles. The molecule has 0 aromatic heterocycles. The number of hydrogen-bond donors (Lipinski definition) is 2. The van der Waals surface area contributed by atoms with Crippen molar-refractivity contribution in [3.63, 3.8) is 0 Å². The Bertz CT molecular complexity index is 681. The topological polar surface area (TPSA) is 75.6 Å². The zero-order chi connectivity index (χ0) is 14.6. The lowest BCUT2D eigenvalue weighted by molar-refractivity contribution is 0.282. The van der Waals surface area contributed by atoms with Gasteiger partial charge in [-0.3, -0.25) is 4.72 Å². The molecular formula is C14H15NO4S. The van der Waals surface area contributed by atoms with Crippen molar-refractivity contribution in [1.82, 2.24) is 0 Å². The molecule has 0 unspecified atom stereocenters. The average molecular weight is 293 g/mol. The highest BCUT2D eigenvalue weighted by Gasteiger charge is 2.14. The number of rotatable bonds is 5. The van der Waals surface area contributed by atoms with E-state index in [1.807, 2.05) is 0 Å². The smallest absolute Gasteiger partial charge is 0.262 e. The summed E-state index contributed by atoms with van der Waals surface area (Å²) in [5.74, 6) is 0.475. The van der Waals surface area contributed by atoms with Crippen LogP contribution in [0.25, 0.3) is 0 Å². The molecule has 0 amide bonds. The molecule has 0 aliphatic rings. The number of sulfonamides is 1.